The minimum Gasteiger partial charge on any atom is -0.493 e. The summed E-state index contributed by atoms with van der Waals surface area (Å²) in [6.45, 7) is 0. The summed E-state index contributed by atoms with van der Waals surface area (Å²) < 4.78 is 48.1. The molecule has 4 aromatic carbocycles. The van der Waals surface area contributed by atoms with Gasteiger partial charge in [-0.3, -0.25) is 9.69 Å². The summed E-state index contributed by atoms with van der Waals surface area (Å²) in [5.41, 5.74) is 4.42. The molecule has 1 amide bonds. The number of methoxy groups -OCH3 is 1. The molecule has 2 heterocycles. The molecule has 0 saturated heterocycles. The smallest absolute Gasteiger partial charge is 0.263 e. The first-order chi connectivity index (χ1) is 17.5. The van der Waals surface area contributed by atoms with Crippen LogP contribution in [0.15, 0.2) is 85.1 Å². The maximum Gasteiger partial charge on any atom is 0.263 e. The summed E-state index contributed by atoms with van der Waals surface area (Å²) in [7, 11) is 1.11. The first-order valence-electron chi connectivity index (χ1n) is 11.3. The molecule has 7 heteroatoms. The van der Waals surface area contributed by atoms with E-state index in [1.807, 2.05) is 66.9 Å². The van der Waals surface area contributed by atoms with E-state index in [-0.39, 0.29) is 0 Å². The molecule has 1 unspecified atom stereocenters. The number of rotatable bonds is 3. The number of hydrogen-bond donors (Lipinski definition) is 1. The third-order valence-electron chi connectivity index (χ3n) is 6.65. The Balaban J connectivity index is 1.66. The van der Waals surface area contributed by atoms with E-state index in [1.165, 1.54) is 4.90 Å². The summed E-state index contributed by atoms with van der Waals surface area (Å²) in [5.74, 6) is -6.07. The molecule has 0 fully saturated rings. The number of anilines is 1. The lowest BCUT2D eigenvalue weighted by Crippen LogP contribution is -2.38. The predicted octanol–water partition coefficient (Wildman–Crippen LogP) is 7.01. The fourth-order valence-electron chi connectivity index (χ4n) is 5.09. The highest BCUT2D eigenvalue weighted by molar-refractivity contribution is 6.12. The molecule has 1 aliphatic rings. The summed E-state index contributed by atoms with van der Waals surface area (Å²) in [6, 6.07) is 22.8. The molecule has 0 radical (unpaired) electrons. The van der Waals surface area contributed by atoms with Crippen molar-refractivity contribution in [1.82, 2.24) is 4.98 Å². The Morgan fingerprint density at radius 2 is 1.56 bits per heavy atom. The van der Waals surface area contributed by atoms with Crippen LogP contribution in [0.5, 0.6) is 5.75 Å². The van der Waals surface area contributed by atoms with Crippen LogP contribution in [0.2, 0.25) is 0 Å². The molecule has 6 rings (SSSR count). The molecular weight excluding hydrogens is 465 g/mol. The van der Waals surface area contributed by atoms with E-state index in [9.17, 15) is 18.0 Å². The molecule has 0 bridgehead atoms. The SMILES string of the molecule is COc1c(C(=O)N2c3ccccc3-c3ccccc3C2c2c[nH]c3ccccc23)cc(F)c(F)c1F. The fraction of sp³-hybridized carbons (Fsp3) is 0.0690. The van der Waals surface area contributed by atoms with Crippen molar-refractivity contribution >= 4 is 22.5 Å². The van der Waals surface area contributed by atoms with E-state index < -0.39 is 40.7 Å². The molecule has 1 N–H and O–H groups in total. The van der Waals surface area contributed by atoms with Crippen LogP contribution in [-0.2, 0) is 0 Å². The molecule has 0 spiro atoms. The van der Waals surface area contributed by atoms with Crippen molar-refractivity contribution in [3.63, 3.8) is 0 Å². The quantitative estimate of drug-likeness (QED) is 0.280. The van der Waals surface area contributed by atoms with Crippen molar-refractivity contribution in [3.8, 4) is 16.9 Å². The Bertz CT molecular complexity index is 1660. The zero-order valence-corrected chi connectivity index (χ0v) is 19.1. The molecule has 0 aliphatic carbocycles. The number of para-hydroxylation sites is 2. The van der Waals surface area contributed by atoms with Gasteiger partial charge in [-0.2, -0.15) is 4.39 Å². The number of carbonyl (C=O) groups excluding carboxylic acids is 1. The highest BCUT2D eigenvalue weighted by Crippen LogP contribution is 2.49. The van der Waals surface area contributed by atoms with Crippen LogP contribution < -0.4 is 9.64 Å². The van der Waals surface area contributed by atoms with Gasteiger partial charge in [-0.25, -0.2) is 8.78 Å². The molecule has 1 aromatic heterocycles. The van der Waals surface area contributed by atoms with E-state index >= 15 is 0 Å². The number of nitrogens with zero attached hydrogens (tertiary/aromatic N) is 1. The van der Waals surface area contributed by atoms with Crippen LogP contribution in [0.1, 0.15) is 27.5 Å². The Labute approximate surface area is 204 Å². The zero-order chi connectivity index (χ0) is 25.0. The van der Waals surface area contributed by atoms with Gasteiger partial charge in [-0.1, -0.05) is 60.7 Å². The molecule has 36 heavy (non-hydrogen) atoms. The van der Waals surface area contributed by atoms with Crippen molar-refractivity contribution in [2.24, 2.45) is 0 Å². The normalized spacial score (nSPS) is 14.4. The number of halogens is 3. The predicted molar refractivity (Wildman–Crippen MR) is 132 cm³/mol. The van der Waals surface area contributed by atoms with E-state index in [1.54, 1.807) is 12.1 Å². The van der Waals surface area contributed by atoms with E-state index in [2.05, 4.69) is 4.98 Å². The monoisotopic (exact) mass is 484 g/mol. The highest BCUT2D eigenvalue weighted by Gasteiger charge is 2.39. The molecule has 5 aromatic rings. The van der Waals surface area contributed by atoms with Gasteiger partial charge in [0, 0.05) is 28.2 Å². The lowest BCUT2D eigenvalue weighted by molar-refractivity contribution is 0.0975. The fourth-order valence-corrected chi connectivity index (χ4v) is 5.09. The Hall–Kier alpha value is -4.52. The minimum absolute atomic E-state index is 0.409. The average Bonchev–Trinajstić information content (AvgIpc) is 3.34. The highest BCUT2D eigenvalue weighted by atomic mass is 19.2. The molecule has 178 valence electrons. The summed E-state index contributed by atoms with van der Waals surface area (Å²) in [6.07, 6.45) is 1.84. The number of aromatic amines is 1. The number of aromatic nitrogens is 1. The van der Waals surface area contributed by atoms with Crippen LogP contribution in [0, 0.1) is 17.5 Å². The Kier molecular flexibility index (Phi) is 5.07. The minimum atomic E-state index is -1.69. The van der Waals surface area contributed by atoms with Crippen LogP contribution in [0.3, 0.4) is 0 Å². The number of H-pyrrole nitrogens is 1. The van der Waals surface area contributed by atoms with Crippen molar-refractivity contribution in [2.75, 3.05) is 12.0 Å². The number of carbonyl (C=O) groups is 1. The van der Waals surface area contributed by atoms with Gasteiger partial charge >= 0.3 is 0 Å². The number of hydrogen-bond acceptors (Lipinski definition) is 2. The van der Waals surface area contributed by atoms with Crippen molar-refractivity contribution in [1.29, 1.82) is 0 Å². The standard InChI is InChI=1S/C29H19F3N2O2/c1-36-28-20(14-22(30)25(31)26(28)32)29(35)34-24-13-7-5-10-18(24)16-8-2-3-11-19(16)27(34)21-15-33-23-12-6-4-9-17(21)23/h2-15,27,33H,1H3. The van der Waals surface area contributed by atoms with Crippen molar-refractivity contribution < 1.29 is 22.7 Å². The second-order valence-corrected chi connectivity index (χ2v) is 8.54. The van der Waals surface area contributed by atoms with Gasteiger partial charge in [0.15, 0.2) is 17.4 Å². The van der Waals surface area contributed by atoms with Gasteiger partial charge in [0.1, 0.15) is 0 Å². The first kappa shape index (κ1) is 22.0. The first-order valence-corrected chi connectivity index (χ1v) is 11.3. The lowest BCUT2D eigenvalue weighted by Gasteiger charge is -2.39. The Morgan fingerprint density at radius 1 is 0.861 bits per heavy atom. The number of amides is 1. The van der Waals surface area contributed by atoms with Crippen LogP contribution in [-0.4, -0.2) is 18.0 Å². The maximum atomic E-state index is 14.6. The second-order valence-electron chi connectivity index (χ2n) is 8.54. The van der Waals surface area contributed by atoms with E-state index in [0.717, 1.165) is 40.3 Å². The van der Waals surface area contributed by atoms with Gasteiger partial charge in [-0.15, -0.1) is 0 Å². The molecule has 1 aliphatic heterocycles. The van der Waals surface area contributed by atoms with Gasteiger partial charge in [0.25, 0.3) is 5.91 Å². The third kappa shape index (κ3) is 3.12. The summed E-state index contributed by atoms with van der Waals surface area (Å²) in [5, 5.41) is 0.901. The van der Waals surface area contributed by atoms with Gasteiger partial charge in [-0.05, 0) is 29.3 Å². The number of ether oxygens (including phenoxy) is 1. The van der Waals surface area contributed by atoms with Gasteiger partial charge < -0.3 is 9.72 Å². The van der Waals surface area contributed by atoms with Crippen LogP contribution in [0.25, 0.3) is 22.0 Å². The van der Waals surface area contributed by atoms with Gasteiger partial charge in [0.2, 0.25) is 5.82 Å². The zero-order valence-electron chi connectivity index (χ0n) is 19.1. The van der Waals surface area contributed by atoms with E-state index in [4.69, 9.17) is 4.74 Å². The maximum absolute atomic E-state index is 14.6. The number of fused-ring (bicyclic) bond motifs is 4. The molecule has 1 atom stereocenters. The average molecular weight is 484 g/mol. The lowest BCUT2D eigenvalue weighted by atomic mass is 9.84. The Morgan fingerprint density at radius 3 is 2.36 bits per heavy atom. The summed E-state index contributed by atoms with van der Waals surface area (Å²) in [4.78, 5) is 18.9. The number of benzene rings is 4. The van der Waals surface area contributed by atoms with Crippen molar-refractivity contribution in [2.45, 2.75) is 6.04 Å². The summed E-state index contributed by atoms with van der Waals surface area (Å²) >= 11 is 0. The van der Waals surface area contributed by atoms with Gasteiger partial charge in [0.05, 0.1) is 24.4 Å². The molecule has 0 saturated carbocycles. The molecule has 4 nitrogen and oxygen atoms in total. The molecular formula is C29H19F3N2O2. The largest absolute Gasteiger partial charge is 0.493 e. The third-order valence-corrected chi connectivity index (χ3v) is 6.65. The topological polar surface area (TPSA) is 45.3 Å². The van der Waals surface area contributed by atoms with Crippen LogP contribution >= 0.6 is 0 Å². The van der Waals surface area contributed by atoms with Crippen LogP contribution in [0.4, 0.5) is 18.9 Å². The van der Waals surface area contributed by atoms with Crippen molar-refractivity contribution in [3.05, 3.63) is 119 Å². The van der Waals surface area contributed by atoms with E-state index in [0.29, 0.717) is 11.8 Å². The number of nitrogens with one attached hydrogen (secondary N) is 1. The second kappa shape index (κ2) is 8.30.